The quantitative estimate of drug-likeness (QED) is 0.735. The molecule has 14 heavy (non-hydrogen) atoms. The van der Waals surface area contributed by atoms with Crippen LogP contribution < -0.4 is 5.32 Å². The van der Waals surface area contributed by atoms with Crippen LogP contribution in [0.4, 0.5) is 0 Å². The third-order valence-electron chi connectivity index (χ3n) is 1.79. The van der Waals surface area contributed by atoms with Crippen LogP contribution in [0.2, 0.25) is 0 Å². The number of hydrogen-bond donors (Lipinski definition) is 1. The Balaban J connectivity index is 2.18. The molecule has 1 aromatic heterocycles. The summed E-state index contributed by atoms with van der Waals surface area (Å²) >= 11 is 0. The summed E-state index contributed by atoms with van der Waals surface area (Å²) in [5.41, 5.74) is 0. The average molecular weight is 196 g/mol. The summed E-state index contributed by atoms with van der Waals surface area (Å²) in [5, 5.41) is 6.92. The van der Waals surface area contributed by atoms with E-state index in [-0.39, 0.29) is 5.91 Å². The number of hydrogen-bond acceptors (Lipinski definition) is 3. The summed E-state index contributed by atoms with van der Waals surface area (Å²) in [6.45, 7) is 2.60. The number of rotatable bonds is 5. The van der Waals surface area contributed by atoms with Gasteiger partial charge in [-0.15, -0.1) is 0 Å². The fourth-order valence-corrected chi connectivity index (χ4v) is 1.13. The Morgan fingerprint density at radius 1 is 1.64 bits per heavy atom. The minimum atomic E-state index is 0.100. The summed E-state index contributed by atoms with van der Waals surface area (Å²) in [6, 6.07) is 0. The molecule has 0 atom stereocenters. The van der Waals surface area contributed by atoms with Crippen LogP contribution in [0.1, 0.15) is 25.6 Å². The summed E-state index contributed by atoms with van der Waals surface area (Å²) in [5.74, 6) is 0.868. The molecule has 0 bridgehead atoms. The number of amides is 1. The molecule has 1 amide bonds. The Labute approximate surface area is 83.5 Å². The van der Waals surface area contributed by atoms with Gasteiger partial charge in [0.15, 0.2) is 5.82 Å². The predicted molar refractivity (Wildman–Crippen MR) is 52.6 cm³/mol. The first-order valence-corrected chi connectivity index (χ1v) is 4.83. The maximum Gasteiger partial charge on any atom is 0.219 e. The Hall–Kier alpha value is -1.39. The van der Waals surface area contributed by atoms with E-state index in [1.165, 1.54) is 0 Å². The van der Waals surface area contributed by atoms with Gasteiger partial charge in [-0.1, -0.05) is 6.92 Å². The van der Waals surface area contributed by atoms with Gasteiger partial charge in [0.25, 0.3) is 0 Å². The Morgan fingerprint density at radius 2 is 2.43 bits per heavy atom. The van der Waals surface area contributed by atoms with E-state index in [1.54, 1.807) is 11.0 Å². The van der Waals surface area contributed by atoms with Crippen molar-refractivity contribution in [2.75, 3.05) is 6.54 Å². The van der Waals surface area contributed by atoms with Crippen LogP contribution in [-0.4, -0.2) is 27.2 Å². The van der Waals surface area contributed by atoms with E-state index in [2.05, 4.69) is 15.4 Å². The molecule has 0 fully saturated rings. The number of nitrogens with one attached hydrogen (secondary N) is 1. The molecule has 1 aromatic rings. The van der Waals surface area contributed by atoms with Crippen LogP contribution in [0.25, 0.3) is 0 Å². The van der Waals surface area contributed by atoms with Gasteiger partial charge in [0.2, 0.25) is 5.91 Å². The van der Waals surface area contributed by atoms with Crippen molar-refractivity contribution in [2.24, 2.45) is 7.05 Å². The zero-order chi connectivity index (χ0) is 10.4. The number of carbonyl (C=O) groups excluding carboxylic acids is 1. The molecule has 0 aliphatic rings. The molecule has 1 N–H and O–H groups in total. The molecular weight excluding hydrogens is 180 g/mol. The van der Waals surface area contributed by atoms with Gasteiger partial charge in [0.05, 0.1) is 0 Å². The number of nitrogens with zero attached hydrogens (tertiary/aromatic N) is 3. The van der Waals surface area contributed by atoms with Gasteiger partial charge < -0.3 is 5.32 Å². The number of aryl methyl sites for hydroxylation is 1. The molecule has 0 aliphatic heterocycles. The van der Waals surface area contributed by atoms with Gasteiger partial charge in [0, 0.05) is 26.4 Å². The van der Waals surface area contributed by atoms with Crippen molar-refractivity contribution < 1.29 is 4.79 Å². The maximum atomic E-state index is 11.1. The number of carbonyl (C=O) groups is 1. The van der Waals surface area contributed by atoms with E-state index in [0.717, 1.165) is 12.2 Å². The minimum absolute atomic E-state index is 0.100. The lowest BCUT2D eigenvalue weighted by Gasteiger charge is -2.01. The molecule has 0 unspecified atom stereocenters. The molecular formula is C9H16N4O. The second-order valence-electron chi connectivity index (χ2n) is 3.18. The van der Waals surface area contributed by atoms with Crippen molar-refractivity contribution in [3.8, 4) is 0 Å². The monoisotopic (exact) mass is 196 g/mol. The van der Waals surface area contributed by atoms with Crippen LogP contribution in [0.3, 0.4) is 0 Å². The highest BCUT2D eigenvalue weighted by molar-refractivity contribution is 5.75. The highest BCUT2D eigenvalue weighted by Gasteiger charge is 2.01. The lowest BCUT2D eigenvalue weighted by Crippen LogP contribution is -2.25. The first-order chi connectivity index (χ1) is 6.72. The van der Waals surface area contributed by atoms with Gasteiger partial charge in [0.1, 0.15) is 6.33 Å². The van der Waals surface area contributed by atoms with Gasteiger partial charge in [-0.3, -0.25) is 9.48 Å². The SMILES string of the molecule is CCCC(=O)NCCc1ncn(C)n1. The topological polar surface area (TPSA) is 59.8 Å². The molecule has 5 nitrogen and oxygen atoms in total. The van der Waals surface area contributed by atoms with Crippen molar-refractivity contribution >= 4 is 5.91 Å². The molecule has 1 heterocycles. The maximum absolute atomic E-state index is 11.1. The molecule has 0 saturated carbocycles. The molecule has 0 saturated heterocycles. The highest BCUT2D eigenvalue weighted by atomic mass is 16.1. The summed E-state index contributed by atoms with van der Waals surface area (Å²) < 4.78 is 1.66. The van der Waals surface area contributed by atoms with E-state index in [4.69, 9.17) is 0 Å². The summed E-state index contributed by atoms with van der Waals surface area (Å²) in [7, 11) is 1.83. The van der Waals surface area contributed by atoms with Gasteiger partial charge in [-0.2, -0.15) is 5.10 Å². The van der Waals surface area contributed by atoms with Crippen molar-refractivity contribution in [3.63, 3.8) is 0 Å². The number of aromatic nitrogens is 3. The van der Waals surface area contributed by atoms with E-state index in [0.29, 0.717) is 19.4 Å². The third-order valence-corrected chi connectivity index (χ3v) is 1.79. The van der Waals surface area contributed by atoms with Crippen molar-refractivity contribution in [1.82, 2.24) is 20.1 Å². The van der Waals surface area contributed by atoms with Crippen LogP contribution in [0.15, 0.2) is 6.33 Å². The van der Waals surface area contributed by atoms with Gasteiger partial charge in [-0.25, -0.2) is 4.98 Å². The van der Waals surface area contributed by atoms with E-state index in [9.17, 15) is 4.79 Å². The molecule has 0 radical (unpaired) electrons. The molecule has 78 valence electrons. The third kappa shape index (κ3) is 3.55. The predicted octanol–water partition coefficient (Wildman–Crippen LogP) is 0.274. The van der Waals surface area contributed by atoms with E-state index >= 15 is 0 Å². The Kier molecular flexibility index (Phi) is 4.10. The molecule has 1 rings (SSSR count). The molecule has 0 spiro atoms. The largest absolute Gasteiger partial charge is 0.356 e. The highest BCUT2D eigenvalue weighted by Crippen LogP contribution is 1.89. The average Bonchev–Trinajstić information content (AvgIpc) is 2.52. The van der Waals surface area contributed by atoms with Crippen LogP contribution >= 0.6 is 0 Å². The fourth-order valence-electron chi connectivity index (χ4n) is 1.13. The second kappa shape index (κ2) is 5.36. The van der Waals surface area contributed by atoms with Gasteiger partial charge >= 0.3 is 0 Å². The standard InChI is InChI=1S/C9H16N4O/c1-3-4-9(14)10-6-5-8-11-7-13(2)12-8/h7H,3-6H2,1-2H3,(H,10,14). The van der Waals surface area contributed by atoms with Crippen LogP contribution in [-0.2, 0) is 18.3 Å². The smallest absolute Gasteiger partial charge is 0.219 e. The second-order valence-corrected chi connectivity index (χ2v) is 3.18. The van der Waals surface area contributed by atoms with Crippen LogP contribution in [0.5, 0.6) is 0 Å². The van der Waals surface area contributed by atoms with Gasteiger partial charge in [-0.05, 0) is 6.42 Å². The Bertz CT molecular complexity index is 295. The first kappa shape index (κ1) is 10.7. The van der Waals surface area contributed by atoms with Crippen LogP contribution in [0, 0.1) is 0 Å². The van der Waals surface area contributed by atoms with Crippen molar-refractivity contribution in [1.29, 1.82) is 0 Å². The summed E-state index contributed by atoms with van der Waals surface area (Å²) in [6.07, 6.45) is 3.82. The molecule has 5 heteroatoms. The minimum Gasteiger partial charge on any atom is -0.356 e. The van der Waals surface area contributed by atoms with E-state index in [1.807, 2.05) is 14.0 Å². The Morgan fingerprint density at radius 3 is 3.00 bits per heavy atom. The van der Waals surface area contributed by atoms with Crippen molar-refractivity contribution in [2.45, 2.75) is 26.2 Å². The lowest BCUT2D eigenvalue weighted by atomic mass is 10.3. The zero-order valence-electron chi connectivity index (χ0n) is 8.66. The zero-order valence-corrected chi connectivity index (χ0v) is 8.66. The molecule has 0 aliphatic carbocycles. The van der Waals surface area contributed by atoms with Crippen molar-refractivity contribution in [3.05, 3.63) is 12.2 Å². The first-order valence-electron chi connectivity index (χ1n) is 4.83. The fraction of sp³-hybridized carbons (Fsp3) is 0.667. The molecule has 0 aromatic carbocycles. The summed E-state index contributed by atoms with van der Waals surface area (Å²) in [4.78, 5) is 15.1. The lowest BCUT2D eigenvalue weighted by molar-refractivity contribution is -0.121. The normalized spacial score (nSPS) is 10.1. The van der Waals surface area contributed by atoms with E-state index < -0.39 is 0 Å².